The first-order valence-electron chi connectivity index (χ1n) is 10.7. The molecule has 0 bridgehead atoms. The Kier molecular flexibility index (Phi) is 7.18. The number of hydrogen-bond acceptors (Lipinski definition) is 8. The number of ether oxygens (including phenoxy) is 2. The molecule has 0 spiro atoms. The highest BCUT2D eigenvalue weighted by atomic mass is 19.2. The van der Waals surface area contributed by atoms with Crippen LogP contribution in [0.2, 0.25) is 0 Å². The molecule has 0 saturated carbocycles. The summed E-state index contributed by atoms with van der Waals surface area (Å²) in [5.41, 5.74) is -1.16. The van der Waals surface area contributed by atoms with Crippen LogP contribution in [-0.2, 0) is 9.53 Å². The van der Waals surface area contributed by atoms with E-state index >= 15 is 0 Å². The predicted molar refractivity (Wildman–Crippen MR) is 118 cm³/mol. The van der Waals surface area contributed by atoms with Gasteiger partial charge >= 0.3 is 6.09 Å². The van der Waals surface area contributed by atoms with E-state index < -0.39 is 40.9 Å². The van der Waals surface area contributed by atoms with Gasteiger partial charge in [-0.2, -0.15) is 0 Å². The molecule has 1 fully saturated rings. The van der Waals surface area contributed by atoms with Gasteiger partial charge in [0.25, 0.3) is 5.88 Å². The Balaban J connectivity index is 1.51. The number of anilines is 2. The summed E-state index contributed by atoms with van der Waals surface area (Å²) >= 11 is 0. The number of amides is 1. The van der Waals surface area contributed by atoms with Gasteiger partial charge in [-0.15, -0.1) is 0 Å². The summed E-state index contributed by atoms with van der Waals surface area (Å²) in [6.45, 7) is 0.271. The molecular weight excluding hydrogens is 469 g/mol. The van der Waals surface area contributed by atoms with Crippen LogP contribution in [0.3, 0.4) is 0 Å². The zero-order chi connectivity index (χ0) is 24.9. The first kappa shape index (κ1) is 24.0. The molecule has 35 heavy (non-hydrogen) atoms. The van der Waals surface area contributed by atoms with E-state index in [4.69, 9.17) is 9.47 Å². The second-order valence-corrected chi connectivity index (χ2v) is 7.78. The Bertz CT molecular complexity index is 1190. The third-order valence-electron chi connectivity index (χ3n) is 5.38. The van der Waals surface area contributed by atoms with Crippen LogP contribution in [0.4, 0.5) is 29.5 Å². The maximum Gasteiger partial charge on any atom is 0.414 e. The number of aldehydes is 1. The first-order valence-corrected chi connectivity index (χ1v) is 10.7. The number of hydrogen-bond donors (Lipinski definition) is 0. The van der Waals surface area contributed by atoms with Crippen molar-refractivity contribution < 1.29 is 36.8 Å². The fourth-order valence-corrected chi connectivity index (χ4v) is 3.59. The molecule has 0 N–H and O–H groups in total. The van der Waals surface area contributed by atoms with Crippen LogP contribution in [0, 0.1) is 17.5 Å². The number of halogens is 3. The standard InChI is InChI=1S/C23H21F3N4O5/c1-29(7-2-3-8-31)18-5-4-14(11-27-18)20-16(24)10-17(21(25)22(20)26)30-12-15(35-23(30)32)13-33-19-6-9-34-28-19/h4-6,8-11,15H,2-3,7,12-13H2,1H3/t15-/m1/s1. The molecule has 3 heterocycles. The van der Waals surface area contributed by atoms with Gasteiger partial charge in [-0.1, -0.05) is 0 Å². The molecule has 4 rings (SSSR count). The van der Waals surface area contributed by atoms with Crippen molar-refractivity contribution in [2.75, 3.05) is 36.5 Å². The van der Waals surface area contributed by atoms with Gasteiger partial charge in [-0.3, -0.25) is 4.90 Å². The largest absolute Gasteiger partial charge is 0.471 e. The van der Waals surface area contributed by atoms with Crippen LogP contribution in [0.5, 0.6) is 5.88 Å². The van der Waals surface area contributed by atoms with Gasteiger partial charge in [0.15, 0.2) is 17.7 Å². The number of pyridine rings is 1. The van der Waals surface area contributed by atoms with Crippen molar-refractivity contribution in [2.45, 2.75) is 18.9 Å². The molecule has 3 aromatic rings. The Morgan fingerprint density at radius 1 is 1.26 bits per heavy atom. The maximum atomic E-state index is 15.0. The van der Waals surface area contributed by atoms with E-state index in [-0.39, 0.29) is 24.6 Å². The number of aromatic nitrogens is 2. The van der Waals surface area contributed by atoms with E-state index in [1.807, 2.05) is 0 Å². The monoisotopic (exact) mass is 490 g/mol. The first-order chi connectivity index (χ1) is 16.9. The molecule has 1 aliphatic heterocycles. The molecule has 2 aromatic heterocycles. The van der Waals surface area contributed by atoms with Gasteiger partial charge in [0.05, 0.1) is 17.8 Å². The van der Waals surface area contributed by atoms with Crippen molar-refractivity contribution in [1.82, 2.24) is 10.1 Å². The number of carbonyl (C=O) groups excluding carboxylic acids is 2. The van der Waals surface area contributed by atoms with Gasteiger partial charge in [-0.25, -0.2) is 22.9 Å². The van der Waals surface area contributed by atoms with Crippen molar-refractivity contribution in [2.24, 2.45) is 0 Å². The maximum absolute atomic E-state index is 15.0. The summed E-state index contributed by atoms with van der Waals surface area (Å²) < 4.78 is 59.9. The lowest BCUT2D eigenvalue weighted by Gasteiger charge is -2.19. The molecule has 1 atom stereocenters. The average molecular weight is 490 g/mol. The van der Waals surface area contributed by atoms with Crippen LogP contribution in [0.25, 0.3) is 11.1 Å². The van der Waals surface area contributed by atoms with Crippen LogP contribution in [0.1, 0.15) is 12.8 Å². The zero-order valence-electron chi connectivity index (χ0n) is 18.6. The zero-order valence-corrected chi connectivity index (χ0v) is 18.6. The molecule has 0 aliphatic carbocycles. The minimum Gasteiger partial charge on any atom is -0.471 e. The number of benzene rings is 1. The number of carbonyl (C=O) groups is 2. The summed E-state index contributed by atoms with van der Waals surface area (Å²) in [6.07, 6.45) is 2.60. The fourth-order valence-electron chi connectivity index (χ4n) is 3.59. The smallest absolute Gasteiger partial charge is 0.414 e. The summed E-state index contributed by atoms with van der Waals surface area (Å²) in [7, 11) is 1.77. The molecular formula is C23H21F3N4O5. The molecule has 184 valence electrons. The molecule has 1 aromatic carbocycles. The van der Waals surface area contributed by atoms with Crippen molar-refractivity contribution >= 4 is 23.9 Å². The van der Waals surface area contributed by atoms with Crippen LogP contribution in [-0.4, -0.2) is 55.4 Å². The highest BCUT2D eigenvalue weighted by Crippen LogP contribution is 2.35. The van der Waals surface area contributed by atoms with Crippen LogP contribution in [0.15, 0.2) is 41.2 Å². The molecule has 1 aliphatic rings. The number of rotatable bonds is 10. The lowest BCUT2D eigenvalue weighted by molar-refractivity contribution is -0.107. The van der Waals surface area contributed by atoms with Crippen molar-refractivity contribution in [1.29, 1.82) is 0 Å². The molecule has 12 heteroatoms. The number of cyclic esters (lactones) is 1. The average Bonchev–Trinajstić information content (AvgIpc) is 3.50. The van der Waals surface area contributed by atoms with Crippen molar-refractivity contribution in [3.63, 3.8) is 0 Å². The topological polar surface area (TPSA) is 98.0 Å². The predicted octanol–water partition coefficient (Wildman–Crippen LogP) is 3.97. The van der Waals surface area contributed by atoms with Crippen molar-refractivity contribution in [3.05, 3.63) is 54.2 Å². The van der Waals surface area contributed by atoms with Gasteiger partial charge < -0.3 is 23.7 Å². The summed E-state index contributed by atoms with van der Waals surface area (Å²) in [6, 6.07) is 5.15. The highest BCUT2D eigenvalue weighted by molar-refractivity contribution is 5.90. The Morgan fingerprint density at radius 3 is 2.77 bits per heavy atom. The van der Waals surface area contributed by atoms with E-state index in [1.165, 1.54) is 30.7 Å². The summed E-state index contributed by atoms with van der Waals surface area (Å²) in [5, 5.41) is 3.55. The van der Waals surface area contributed by atoms with E-state index in [1.54, 1.807) is 11.9 Å². The second kappa shape index (κ2) is 10.5. The van der Waals surface area contributed by atoms with E-state index in [9.17, 15) is 22.8 Å². The summed E-state index contributed by atoms with van der Waals surface area (Å²) in [4.78, 5) is 29.5. The minimum absolute atomic E-state index is 0.0263. The van der Waals surface area contributed by atoms with Gasteiger partial charge in [0, 0.05) is 43.9 Å². The molecule has 0 radical (unpaired) electrons. The van der Waals surface area contributed by atoms with Crippen LogP contribution >= 0.6 is 0 Å². The molecule has 1 saturated heterocycles. The molecule has 1 amide bonds. The fraction of sp³-hybridized carbons (Fsp3) is 0.304. The Hall–Kier alpha value is -4.09. The van der Waals surface area contributed by atoms with Gasteiger partial charge in [0.1, 0.15) is 30.8 Å². The Labute approximate surface area is 198 Å². The van der Waals surface area contributed by atoms with E-state index in [0.29, 0.717) is 25.2 Å². The third-order valence-corrected chi connectivity index (χ3v) is 5.38. The van der Waals surface area contributed by atoms with Crippen LogP contribution < -0.4 is 14.5 Å². The lowest BCUT2D eigenvalue weighted by atomic mass is 10.0. The SMILES string of the molecule is CN(CCCC=O)c1ccc(-c2c(F)cc(N3C[C@H](COc4ccon4)OC3=O)c(F)c2F)cn1. The van der Waals surface area contributed by atoms with Gasteiger partial charge in [-0.05, 0) is 23.7 Å². The van der Waals surface area contributed by atoms with Gasteiger partial charge in [0.2, 0.25) is 0 Å². The normalized spacial score (nSPS) is 15.3. The molecule has 0 unspecified atom stereocenters. The Morgan fingerprint density at radius 2 is 2.09 bits per heavy atom. The quantitative estimate of drug-likeness (QED) is 0.239. The van der Waals surface area contributed by atoms with E-state index in [0.717, 1.165) is 17.3 Å². The lowest BCUT2D eigenvalue weighted by Crippen LogP contribution is -2.28. The number of unbranched alkanes of at least 4 members (excludes halogenated alkanes) is 1. The minimum atomic E-state index is -1.45. The second-order valence-electron chi connectivity index (χ2n) is 7.78. The highest BCUT2D eigenvalue weighted by Gasteiger charge is 2.36. The third kappa shape index (κ3) is 5.20. The molecule has 9 nitrogen and oxygen atoms in total. The number of nitrogens with zero attached hydrogens (tertiary/aromatic N) is 4. The van der Waals surface area contributed by atoms with Crippen molar-refractivity contribution in [3.8, 4) is 17.0 Å². The van der Waals surface area contributed by atoms with E-state index in [2.05, 4.69) is 14.7 Å². The summed E-state index contributed by atoms with van der Waals surface area (Å²) in [5.74, 6) is -3.23.